The first-order chi connectivity index (χ1) is 13.8. The van der Waals surface area contributed by atoms with Gasteiger partial charge in [0.15, 0.2) is 0 Å². The third-order valence-corrected chi connectivity index (χ3v) is 7.34. The van der Waals surface area contributed by atoms with E-state index in [-0.39, 0.29) is 10.8 Å². The zero-order valence-electron chi connectivity index (χ0n) is 15.9. The van der Waals surface area contributed by atoms with Gasteiger partial charge in [0.25, 0.3) is 15.9 Å². The molecule has 0 radical (unpaired) electrons. The molecule has 0 aliphatic carbocycles. The lowest BCUT2D eigenvalue weighted by Crippen LogP contribution is -2.34. The van der Waals surface area contributed by atoms with E-state index >= 15 is 0 Å². The number of nitrogens with zero attached hydrogens (tertiary/aromatic N) is 1. The van der Waals surface area contributed by atoms with Gasteiger partial charge in [-0.2, -0.15) is 0 Å². The molecule has 0 saturated carbocycles. The van der Waals surface area contributed by atoms with Gasteiger partial charge in [-0.1, -0.05) is 35.9 Å². The number of fused-ring (bicyclic) bond motifs is 3. The quantitative estimate of drug-likeness (QED) is 0.633. The number of nitrogens with one attached hydrogen (secondary N) is 1. The first-order valence-electron chi connectivity index (χ1n) is 9.16. The molecule has 0 unspecified atom stereocenters. The summed E-state index contributed by atoms with van der Waals surface area (Å²) in [5.41, 5.74) is 3.84. The number of carbonyl (C=O) groups excluding carboxylic acids is 1. The lowest BCUT2D eigenvalue weighted by Gasteiger charge is -2.31. The molecule has 1 N–H and O–H groups in total. The number of hydrogen-bond acceptors (Lipinski definition) is 3. The van der Waals surface area contributed by atoms with Crippen molar-refractivity contribution >= 4 is 38.9 Å². The van der Waals surface area contributed by atoms with Gasteiger partial charge in [0, 0.05) is 33.9 Å². The van der Waals surface area contributed by atoms with Crippen LogP contribution in [0.5, 0.6) is 0 Å². The number of halogens is 1. The van der Waals surface area contributed by atoms with E-state index in [0.29, 0.717) is 39.6 Å². The molecule has 3 aromatic rings. The summed E-state index contributed by atoms with van der Waals surface area (Å²) in [7, 11) is -3.62. The Labute approximate surface area is 175 Å². The lowest BCUT2D eigenvalue weighted by molar-refractivity contribution is 0.102. The van der Waals surface area contributed by atoms with Crippen molar-refractivity contribution in [2.45, 2.75) is 18.7 Å². The highest BCUT2D eigenvalue weighted by Gasteiger charge is 2.34. The van der Waals surface area contributed by atoms with E-state index in [1.54, 1.807) is 61.5 Å². The molecule has 5 nitrogen and oxygen atoms in total. The highest BCUT2D eigenvalue weighted by molar-refractivity contribution is 7.93. The third kappa shape index (κ3) is 3.28. The Kier molecular flexibility index (Phi) is 4.84. The van der Waals surface area contributed by atoms with Crippen LogP contribution in [0.2, 0.25) is 5.02 Å². The van der Waals surface area contributed by atoms with E-state index in [0.717, 1.165) is 5.56 Å². The number of amides is 1. The molecule has 148 valence electrons. The van der Waals surface area contributed by atoms with E-state index in [1.807, 2.05) is 13.0 Å². The molecule has 0 fully saturated rings. The normalized spacial score (nSPS) is 14.1. The number of carbonyl (C=O) groups is 1. The molecule has 1 aliphatic heterocycles. The molecule has 0 saturated heterocycles. The molecular weight excluding hydrogens is 408 g/mol. The maximum atomic E-state index is 13.0. The van der Waals surface area contributed by atoms with Gasteiger partial charge < -0.3 is 5.32 Å². The summed E-state index contributed by atoms with van der Waals surface area (Å²) in [6, 6.07) is 17.2. The zero-order chi connectivity index (χ0) is 20.8. The number of hydrogen-bond donors (Lipinski definition) is 1. The molecule has 1 amide bonds. The summed E-state index contributed by atoms with van der Waals surface area (Å²) in [4.78, 5) is 13.0. The van der Waals surface area contributed by atoms with Crippen molar-refractivity contribution in [3.8, 4) is 11.1 Å². The summed E-state index contributed by atoms with van der Waals surface area (Å²) in [6.07, 6.45) is 0. The second-order valence-corrected chi connectivity index (χ2v) is 9.05. The third-order valence-electron chi connectivity index (χ3n) is 4.99. The molecule has 0 aromatic heterocycles. The molecule has 4 rings (SSSR count). The van der Waals surface area contributed by atoms with Gasteiger partial charge in [0.1, 0.15) is 0 Å². The Hall–Kier alpha value is -2.83. The van der Waals surface area contributed by atoms with Crippen LogP contribution in [-0.4, -0.2) is 20.9 Å². The maximum Gasteiger partial charge on any atom is 0.264 e. The fourth-order valence-electron chi connectivity index (χ4n) is 3.49. The van der Waals surface area contributed by atoms with Crippen molar-refractivity contribution in [3.63, 3.8) is 0 Å². The average molecular weight is 427 g/mol. The summed E-state index contributed by atoms with van der Waals surface area (Å²) in [6.45, 7) is 3.98. The lowest BCUT2D eigenvalue weighted by atomic mass is 10.00. The average Bonchev–Trinajstić information content (AvgIpc) is 2.71. The molecular formula is C22H19ClN2O3S. The molecule has 29 heavy (non-hydrogen) atoms. The molecule has 0 bridgehead atoms. The van der Waals surface area contributed by atoms with Crippen molar-refractivity contribution < 1.29 is 13.2 Å². The number of anilines is 2. The van der Waals surface area contributed by atoms with Crippen LogP contribution < -0.4 is 9.62 Å². The van der Waals surface area contributed by atoms with Gasteiger partial charge in [0.05, 0.1) is 10.6 Å². The van der Waals surface area contributed by atoms with E-state index in [2.05, 4.69) is 5.32 Å². The van der Waals surface area contributed by atoms with Gasteiger partial charge in [-0.3, -0.25) is 9.10 Å². The summed E-state index contributed by atoms with van der Waals surface area (Å²) in [5.74, 6) is -0.290. The van der Waals surface area contributed by atoms with Crippen molar-refractivity contribution in [2.24, 2.45) is 0 Å². The SMILES string of the molecule is CCN1c2ccc(C(=O)Nc3ccc(C)c(Cl)c3)cc2-c2ccccc2S1(=O)=O. The molecule has 1 heterocycles. The van der Waals surface area contributed by atoms with Crippen molar-refractivity contribution in [2.75, 3.05) is 16.2 Å². The Morgan fingerprint density at radius 2 is 1.79 bits per heavy atom. The van der Waals surface area contributed by atoms with Gasteiger partial charge in [-0.05, 0) is 55.8 Å². The Morgan fingerprint density at radius 3 is 2.52 bits per heavy atom. The van der Waals surface area contributed by atoms with Crippen LogP contribution in [0.4, 0.5) is 11.4 Å². The van der Waals surface area contributed by atoms with Crippen LogP contribution in [0.25, 0.3) is 11.1 Å². The second-order valence-electron chi connectivity index (χ2n) is 6.82. The standard InChI is InChI=1S/C22H19ClN2O3S/c1-3-25-20-11-9-15(22(26)24-16-10-8-14(2)19(23)13-16)12-18(20)17-6-4-5-7-21(17)29(25,27)28/h4-13H,3H2,1-2H3,(H,24,26). The van der Waals surface area contributed by atoms with Crippen molar-refractivity contribution in [3.05, 3.63) is 76.8 Å². The van der Waals surface area contributed by atoms with E-state index in [4.69, 9.17) is 11.6 Å². The molecule has 0 atom stereocenters. The number of benzene rings is 3. The Balaban J connectivity index is 1.77. The second kappa shape index (κ2) is 7.21. The topological polar surface area (TPSA) is 66.5 Å². The van der Waals surface area contributed by atoms with Crippen LogP contribution in [0, 0.1) is 6.92 Å². The molecule has 1 aliphatic rings. The minimum atomic E-state index is -3.62. The van der Waals surface area contributed by atoms with E-state index < -0.39 is 10.0 Å². The van der Waals surface area contributed by atoms with Crippen molar-refractivity contribution in [1.82, 2.24) is 0 Å². The molecule has 0 spiro atoms. The fourth-order valence-corrected chi connectivity index (χ4v) is 5.37. The first-order valence-corrected chi connectivity index (χ1v) is 11.0. The molecule has 3 aromatic carbocycles. The van der Waals surface area contributed by atoms with Crippen molar-refractivity contribution in [1.29, 1.82) is 0 Å². The minimum absolute atomic E-state index is 0.247. The van der Waals surface area contributed by atoms with Gasteiger partial charge in [-0.25, -0.2) is 8.42 Å². The largest absolute Gasteiger partial charge is 0.322 e. The monoisotopic (exact) mass is 426 g/mol. The van der Waals surface area contributed by atoms with Gasteiger partial charge in [-0.15, -0.1) is 0 Å². The maximum absolute atomic E-state index is 13.0. The fraction of sp³-hybridized carbons (Fsp3) is 0.136. The molecule has 7 heteroatoms. The number of aryl methyl sites for hydroxylation is 1. The predicted molar refractivity (Wildman–Crippen MR) is 116 cm³/mol. The van der Waals surface area contributed by atoms with Gasteiger partial charge >= 0.3 is 0 Å². The smallest absolute Gasteiger partial charge is 0.264 e. The summed E-state index contributed by atoms with van der Waals surface area (Å²) >= 11 is 6.14. The van der Waals surface area contributed by atoms with Crippen LogP contribution in [0.1, 0.15) is 22.8 Å². The zero-order valence-corrected chi connectivity index (χ0v) is 17.5. The van der Waals surface area contributed by atoms with E-state index in [1.165, 1.54) is 4.31 Å². The Bertz CT molecular complexity index is 1240. The first kappa shape index (κ1) is 19.5. The highest BCUT2D eigenvalue weighted by atomic mass is 35.5. The van der Waals surface area contributed by atoms with Gasteiger partial charge in [0.2, 0.25) is 0 Å². The number of rotatable bonds is 3. The summed E-state index contributed by atoms with van der Waals surface area (Å²) < 4.78 is 27.3. The minimum Gasteiger partial charge on any atom is -0.322 e. The number of sulfonamides is 1. The van der Waals surface area contributed by atoms with E-state index in [9.17, 15) is 13.2 Å². The van der Waals surface area contributed by atoms with Crippen LogP contribution in [-0.2, 0) is 10.0 Å². The summed E-state index contributed by atoms with van der Waals surface area (Å²) in [5, 5.41) is 3.42. The predicted octanol–water partition coefficient (Wildman–Crippen LogP) is 5.10. The van der Waals surface area contributed by atoms with Crippen LogP contribution in [0.3, 0.4) is 0 Å². The van der Waals surface area contributed by atoms with Crippen LogP contribution >= 0.6 is 11.6 Å². The van der Waals surface area contributed by atoms with Crippen LogP contribution in [0.15, 0.2) is 65.6 Å². The highest BCUT2D eigenvalue weighted by Crippen LogP contribution is 2.43. The Morgan fingerprint density at radius 1 is 1.03 bits per heavy atom.